The molecule has 0 saturated heterocycles. The number of nitrogens with one attached hydrogen (secondary N) is 1. The van der Waals surface area contributed by atoms with Gasteiger partial charge in [-0.15, -0.1) is 0 Å². The maximum atomic E-state index is 13.0. The van der Waals surface area contributed by atoms with Crippen molar-refractivity contribution in [3.8, 4) is 0 Å². The van der Waals surface area contributed by atoms with Crippen molar-refractivity contribution in [2.45, 2.75) is 6.54 Å². The molecule has 19 heavy (non-hydrogen) atoms. The Morgan fingerprint density at radius 2 is 1.74 bits per heavy atom. The molecule has 1 amide bonds. The number of halogens is 2. The highest BCUT2D eigenvalue weighted by atomic mass is 19.2. The van der Waals surface area contributed by atoms with Crippen LogP contribution in [0.3, 0.4) is 0 Å². The Morgan fingerprint density at radius 3 is 2.37 bits per heavy atom. The van der Waals surface area contributed by atoms with E-state index in [1.807, 2.05) is 0 Å². The van der Waals surface area contributed by atoms with E-state index in [9.17, 15) is 13.6 Å². The molecule has 2 aromatic carbocycles. The van der Waals surface area contributed by atoms with Gasteiger partial charge in [-0.05, 0) is 35.9 Å². The molecule has 0 aliphatic carbocycles. The van der Waals surface area contributed by atoms with E-state index in [0.29, 0.717) is 5.69 Å². The van der Waals surface area contributed by atoms with Crippen molar-refractivity contribution < 1.29 is 13.6 Å². The lowest BCUT2D eigenvalue weighted by molar-refractivity contribution is 0.0950. The third kappa shape index (κ3) is 3.28. The third-order valence-corrected chi connectivity index (χ3v) is 2.61. The molecule has 0 atom stereocenters. The van der Waals surface area contributed by atoms with Crippen LogP contribution in [0.25, 0.3) is 0 Å². The lowest BCUT2D eigenvalue weighted by atomic mass is 10.1. The number of benzene rings is 2. The van der Waals surface area contributed by atoms with Crippen LogP contribution in [0, 0.1) is 11.6 Å². The second kappa shape index (κ2) is 5.48. The predicted octanol–water partition coefficient (Wildman–Crippen LogP) is 2.48. The van der Waals surface area contributed by atoms with E-state index in [1.165, 1.54) is 6.07 Å². The topological polar surface area (TPSA) is 55.1 Å². The number of nitrogen functional groups attached to an aromatic ring is 1. The molecule has 0 aliphatic rings. The van der Waals surface area contributed by atoms with E-state index in [0.717, 1.165) is 17.7 Å². The molecule has 3 nitrogen and oxygen atoms in total. The van der Waals surface area contributed by atoms with Crippen LogP contribution >= 0.6 is 0 Å². The fourth-order valence-electron chi connectivity index (χ4n) is 1.56. The quantitative estimate of drug-likeness (QED) is 0.835. The average molecular weight is 262 g/mol. The van der Waals surface area contributed by atoms with Gasteiger partial charge < -0.3 is 11.1 Å². The van der Waals surface area contributed by atoms with Gasteiger partial charge in [0.15, 0.2) is 11.6 Å². The van der Waals surface area contributed by atoms with E-state index in [4.69, 9.17) is 5.73 Å². The molecule has 98 valence electrons. The van der Waals surface area contributed by atoms with Crippen molar-refractivity contribution in [2.75, 3.05) is 5.73 Å². The fourth-order valence-corrected chi connectivity index (χ4v) is 1.56. The van der Waals surface area contributed by atoms with Crippen molar-refractivity contribution in [1.82, 2.24) is 5.32 Å². The Hall–Kier alpha value is -2.43. The summed E-state index contributed by atoms with van der Waals surface area (Å²) in [5.74, 6) is -2.48. The summed E-state index contributed by atoms with van der Waals surface area (Å²) in [5.41, 5.74) is 7.12. The third-order valence-electron chi connectivity index (χ3n) is 2.61. The minimum Gasteiger partial charge on any atom is -0.399 e. The maximum Gasteiger partial charge on any atom is 0.251 e. The summed E-state index contributed by atoms with van der Waals surface area (Å²) in [6.45, 7) is 0.290. The SMILES string of the molecule is Nc1ccc(CNC(=O)c2ccc(F)c(F)c2)cc1. The minimum atomic E-state index is -1.04. The van der Waals surface area contributed by atoms with Gasteiger partial charge in [0.25, 0.3) is 5.91 Å². The van der Waals surface area contributed by atoms with Crippen LogP contribution in [-0.2, 0) is 6.54 Å². The Labute approximate surface area is 109 Å². The van der Waals surface area contributed by atoms with Crippen molar-refractivity contribution in [3.05, 3.63) is 65.2 Å². The lowest BCUT2D eigenvalue weighted by Gasteiger charge is -2.06. The van der Waals surface area contributed by atoms with Crippen molar-refractivity contribution >= 4 is 11.6 Å². The van der Waals surface area contributed by atoms with Crippen LogP contribution in [0.15, 0.2) is 42.5 Å². The number of carbonyl (C=O) groups is 1. The summed E-state index contributed by atoms with van der Waals surface area (Å²) < 4.78 is 25.7. The van der Waals surface area contributed by atoms with Crippen LogP contribution in [0.1, 0.15) is 15.9 Å². The number of rotatable bonds is 3. The van der Waals surface area contributed by atoms with Gasteiger partial charge in [-0.2, -0.15) is 0 Å². The fraction of sp³-hybridized carbons (Fsp3) is 0.0714. The summed E-state index contributed by atoms with van der Waals surface area (Å²) >= 11 is 0. The molecule has 2 aromatic rings. The van der Waals surface area contributed by atoms with Gasteiger partial charge in [-0.1, -0.05) is 12.1 Å². The Bertz CT molecular complexity index is 597. The van der Waals surface area contributed by atoms with Gasteiger partial charge >= 0.3 is 0 Å². The molecular formula is C14H12F2N2O. The molecule has 0 spiro atoms. The lowest BCUT2D eigenvalue weighted by Crippen LogP contribution is -2.22. The first kappa shape index (κ1) is 13.0. The highest BCUT2D eigenvalue weighted by Crippen LogP contribution is 2.09. The van der Waals surface area contributed by atoms with Crippen LogP contribution in [0.2, 0.25) is 0 Å². The van der Waals surface area contributed by atoms with E-state index in [1.54, 1.807) is 24.3 Å². The van der Waals surface area contributed by atoms with Crippen LogP contribution in [0.4, 0.5) is 14.5 Å². The van der Waals surface area contributed by atoms with Gasteiger partial charge in [0.1, 0.15) is 0 Å². The maximum absolute atomic E-state index is 13.0. The Balaban J connectivity index is 2.01. The zero-order valence-electron chi connectivity index (χ0n) is 9.99. The first-order valence-electron chi connectivity index (χ1n) is 5.64. The van der Waals surface area contributed by atoms with Gasteiger partial charge in [-0.25, -0.2) is 8.78 Å². The smallest absolute Gasteiger partial charge is 0.251 e. The zero-order valence-corrected chi connectivity index (χ0v) is 9.99. The molecule has 0 radical (unpaired) electrons. The molecule has 0 bridgehead atoms. The molecule has 0 heterocycles. The second-order valence-corrected chi connectivity index (χ2v) is 4.05. The number of carbonyl (C=O) groups excluding carboxylic acids is 1. The van der Waals surface area contributed by atoms with E-state index < -0.39 is 17.5 Å². The van der Waals surface area contributed by atoms with Gasteiger partial charge in [-0.3, -0.25) is 4.79 Å². The highest BCUT2D eigenvalue weighted by Gasteiger charge is 2.09. The summed E-state index contributed by atoms with van der Waals surface area (Å²) in [6, 6.07) is 10.0. The summed E-state index contributed by atoms with van der Waals surface area (Å²) in [7, 11) is 0. The number of amides is 1. The summed E-state index contributed by atoms with van der Waals surface area (Å²) in [5, 5.41) is 2.61. The van der Waals surface area contributed by atoms with Crippen LogP contribution in [-0.4, -0.2) is 5.91 Å². The van der Waals surface area contributed by atoms with E-state index >= 15 is 0 Å². The minimum absolute atomic E-state index is 0.0781. The highest BCUT2D eigenvalue weighted by molar-refractivity contribution is 5.94. The molecule has 0 fully saturated rings. The Morgan fingerprint density at radius 1 is 1.05 bits per heavy atom. The van der Waals surface area contributed by atoms with Crippen molar-refractivity contribution in [2.24, 2.45) is 0 Å². The molecule has 0 aliphatic heterocycles. The summed E-state index contributed by atoms with van der Waals surface area (Å²) in [6.07, 6.45) is 0. The molecule has 0 aromatic heterocycles. The molecular weight excluding hydrogens is 250 g/mol. The van der Waals surface area contributed by atoms with E-state index in [2.05, 4.69) is 5.32 Å². The largest absolute Gasteiger partial charge is 0.399 e. The first-order valence-corrected chi connectivity index (χ1v) is 5.64. The van der Waals surface area contributed by atoms with Gasteiger partial charge in [0.05, 0.1) is 0 Å². The van der Waals surface area contributed by atoms with E-state index in [-0.39, 0.29) is 12.1 Å². The number of nitrogens with two attached hydrogens (primary N) is 1. The molecule has 5 heteroatoms. The number of hydrogen-bond acceptors (Lipinski definition) is 2. The summed E-state index contributed by atoms with van der Waals surface area (Å²) in [4.78, 5) is 11.7. The zero-order chi connectivity index (χ0) is 13.8. The first-order chi connectivity index (χ1) is 9.06. The number of anilines is 1. The number of hydrogen-bond donors (Lipinski definition) is 2. The van der Waals surface area contributed by atoms with Crippen molar-refractivity contribution in [3.63, 3.8) is 0 Å². The van der Waals surface area contributed by atoms with Crippen molar-refractivity contribution in [1.29, 1.82) is 0 Å². The normalized spacial score (nSPS) is 10.2. The molecule has 0 saturated carbocycles. The predicted molar refractivity (Wildman–Crippen MR) is 68.4 cm³/mol. The second-order valence-electron chi connectivity index (χ2n) is 4.05. The standard InChI is InChI=1S/C14H12F2N2O/c15-12-6-3-10(7-13(12)16)14(19)18-8-9-1-4-11(17)5-2-9/h1-7H,8,17H2,(H,18,19). The Kier molecular flexibility index (Phi) is 3.75. The molecule has 2 rings (SSSR count). The molecule has 0 unspecified atom stereocenters. The van der Waals surface area contributed by atoms with Crippen LogP contribution < -0.4 is 11.1 Å². The monoisotopic (exact) mass is 262 g/mol. The average Bonchev–Trinajstić information content (AvgIpc) is 2.41. The molecule has 3 N–H and O–H groups in total. The van der Waals surface area contributed by atoms with Gasteiger partial charge in [0, 0.05) is 17.8 Å². The van der Waals surface area contributed by atoms with Crippen LogP contribution in [0.5, 0.6) is 0 Å². The van der Waals surface area contributed by atoms with Gasteiger partial charge in [0.2, 0.25) is 0 Å².